The van der Waals surface area contributed by atoms with Crippen LogP contribution in [0.15, 0.2) is 43.2 Å². The molecule has 2 N–H and O–H groups in total. The smallest absolute Gasteiger partial charge is 0.136 e. The van der Waals surface area contributed by atoms with Crippen molar-refractivity contribution in [3.63, 3.8) is 0 Å². The van der Waals surface area contributed by atoms with Crippen LogP contribution >= 0.6 is 0 Å². The molecule has 0 aromatic heterocycles. The van der Waals surface area contributed by atoms with Crippen LogP contribution in [-0.4, -0.2) is 13.2 Å². The van der Waals surface area contributed by atoms with Crippen LogP contribution in [0.1, 0.15) is 5.56 Å². The molecule has 0 aliphatic heterocycles. The van der Waals surface area contributed by atoms with Crippen molar-refractivity contribution in [2.45, 2.75) is 6.54 Å². The summed E-state index contributed by atoms with van der Waals surface area (Å²) in [5, 5.41) is 2.22. The van der Waals surface area contributed by atoms with Crippen molar-refractivity contribution < 1.29 is 10.1 Å². The van der Waals surface area contributed by atoms with E-state index in [9.17, 15) is 0 Å². The SMILES string of the molecule is C=COCC[NH2+]Cc1ccccc1. The van der Waals surface area contributed by atoms with Gasteiger partial charge in [0.05, 0.1) is 6.26 Å². The van der Waals surface area contributed by atoms with E-state index in [1.165, 1.54) is 11.8 Å². The van der Waals surface area contributed by atoms with E-state index in [2.05, 4.69) is 36.2 Å². The van der Waals surface area contributed by atoms with Crippen LogP contribution in [0, 0.1) is 0 Å². The molecule has 0 bridgehead atoms. The Kier molecular flexibility index (Phi) is 4.72. The van der Waals surface area contributed by atoms with Gasteiger partial charge in [-0.15, -0.1) is 0 Å². The summed E-state index contributed by atoms with van der Waals surface area (Å²) >= 11 is 0. The van der Waals surface area contributed by atoms with Gasteiger partial charge in [0, 0.05) is 5.56 Å². The Morgan fingerprint density at radius 3 is 2.77 bits per heavy atom. The second-order valence-corrected chi connectivity index (χ2v) is 2.80. The Hall–Kier alpha value is -1.28. The fourth-order valence-electron chi connectivity index (χ4n) is 1.12. The summed E-state index contributed by atoms with van der Waals surface area (Å²) in [5.41, 5.74) is 1.35. The zero-order valence-electron chi connectivity index (χ0n) is 7.78. The maximum absolute atomic E-state index is 5.00. The first-order valence-corrected chi connectivity index (χ1v) is 4.51. The van der Waals surface area contributed by atoms with Crippen molar-refractivity contribution in [3.8, 4) is 0 Å². The molecule has 0 radical (unpaired) electrons. The largest absolute Gasteiger partial charge is 0.496 e. The topological polar surface area (TPSA) is 25.8 Å². The first-order chi connectivity index (χ1) is 6.43. The van der Waals surface area contributed by atoms with Crippen LogP contribution in [0.3, 0.4) is 0 Å². The average Bonchev–Trinajstić information content (AvgIpc) is 2.19. The minimum Gasteiger partial charge on any atom is -0.496 e. The molecule has 1 aromatic carbocycles. The van der Waals surface area contributed by atoms with Gasteiger partial charge in [-0.1, -0.05) is 36.9 Å². The van der Waals surface area contributed by atoms with Crippen LogP contribution in [0.25, 0.3) is 0 Å². The van der Waals surface area contributed by atoms with E-state index in [1.54, 1.807) is 0 Å². The molecule has 0 aliphatic rings. The molecule has 13 heavy (non-hydrogen) atoms. The van der Waals surface area contributed by atoms with Crippen LogP contribution < -0.4 is 5.32 Å². The maximum atomic E-state index is 5.00. The molecule has 1 aromatic rings. The van der Waals surface area contributed by atoms with Crippen molar-refractivity contribution >= 4 is 0 Å². The van der Waals surface area contributed by atoms with Gasteiger partial charge < -0.3 is 10.1 Å². The molecule has 0 heterocycles. The fourth-order valence-corrected chi connectivity index (χ4v) is 1.12. The Labute approximate surface area is 79.2 Å². The number of benzene rings is 1. The molecule has 0 aliphatic carbocycles. The second-order valence-electron chi connectivity index (χ2n) is 2.80. The van der Waals surface area contributed by atoms with Gasteiger partial charge in [0.2, 0.25) is 0 Å². The van der Waals surface area contributed by atoms with Crippen molar-refractivity contribution in [2.75, 3.05) is 13.2 Å². The summed E-state index contributed by atoms with van der Waals surface area (Å²) in [6.07, 6.45) is 1.48. The summed E-state index contributed by atoms with van der Waals surface area (Å²) in [6.45, 7) is 6.20. The summed E-state index contributed by atoms with van der Waals surface area (Å²) in [6, 6.07) is 10.4. The average molecular weight is 178 g/mol. The highest BCUT2D eigenvalue weighted by Gasteiger charge is 1.92. The zero-order valence-corrected chi connectivity index (χ0v) is 7.78. The normalized spacial score (nSPS) is 9.54. The molecule has 2 heteroatoms. The number of quaternary nitrogens is 1. The van der Waals surface area contributed by atoms with Gasteiger partial charge in [-0.25, -0.2) is 0 Å². The summed E-state index contributed by atoms with van der Waals surface area (Å²) in [4.78, 5) is 0. The van der Waals surface area contributed by atoms with E-state index in [0.29, 0.717) is 0 Å². The number of hydrogen-bond acceptors (Lipinski definition) is 1. The van der Waals surface area contributed by atoms with Crippen molar-refractivity contribution in [2.24, 2.45) is 0 Å². The molecule has 0 saturated heterocycles. The molecule has 0 amide bonds. The first kappa shape index (κ1) is 9.81. The van der Waals surface area contributed by atoms with E-state index >= 15 is 0 Å². The van der Waals surface area contributed by atoms with E-state index in [-0.39, 0.29) is 0 Å². The predicted molar refractivity (Wildman–Crippen MR) is 53.1 cm³/mol. The number of rotatable bonds is 6. The van der Waals surface area contributed by atoms with Gasteiger partial charge in [-0.2, -0.15) is 0 Å². The monoisotopic (exact) mass is 178 g/mol. The minimum atomic E-state index is 0.732. The van der Waals surface area contributed by atoms with Gasteiger partial charge >= 0.3 is 0 Å². The second kappa shape index (κ2) is 6.26. The summed E-state index contributed by atoms with van der Waals surface area (Å²) in [5.74, 6) is 0. The third kappa shape index (κ3) is 4.33. The highest BCUT2D eigenvalue weighted by molar-refractivity contribution is 5.12. The molecule has 1 rings (SSSR count). The van der Waals surface area contributed by atoms with E-state index < -0.39 is 0 Å². The lowest BCUT2D eigenvalue weighted by Gasteiger charge is -2.01. The van der Waals surface area contributed by atoms with Crippen LogP contribution in [0.4, 0.5) is 0 Å². The van der Waals surface area contributed by atoms with Crippen LogP contribution in [0.5, 0.6) is 0 Å². The summed E-state index contributed by atoms with van der Waals surface area (Å²) in [7, 11) is 0. The van der Waals surface area contributed by atoms with Gasteiger partial charge in [0.1, 0.15) is 19.7 Å². The van der Waals surface area contributed by atoms with Crippen LogP contribution in [-0.2, 0) is 11.3 Å². The molecule has 0 fully saturated rings. The van der Waals surface area contributed by atoms with Crippen LogP contribution in [0.2, 0.25) is 0 Å². The third-order valence-corrected chi connectivity index (χ3v) is 1.78. The quantitative estimate of drug-likeness (QED) is 0.508. The lowest BCUT2D eigenvalue weighted by Crippen LogP contribution is -2.83. The molecular weight excluding hydrogens is 162 g/mol. The zero-order chi connectivity index (χ0) is 9.36. The Morgan fingerprint density at radius 1 is 1.31 bits per heavy atom. The highest BCUT2D eigenvalue weighted by atomic mass is 16.5. The van der Waals surface area contributed by atoms with E-state index in [0.717, 1.165) is 19.7 Å². The number of nitrogens with two attached hydrogens (primary N) is 1. The highest BCUT2D eigenvalue weighted by Crippen LogP contribution is 1.93. The van der Waals surface area contributed by atoms with Crippen molar-refractivity contribution in [3.05, 3.63) is 48.7 Å². The molecule has 2 nitrogen and oxygen atoms in total. The Bertz CT molecular complexity index is 233. The van der Waals surface area contributed by atoms with Crippen molar-refractivity contribution in [1.29, 1.82) is 0 Å². The first-order valence-electron chi connectivity index (χ1n) is 4.51. The predicted octanol–water partition coefficient (Wildman–Crippen LogP) is 0.910. The minimum absolute atomic E-state index is 0.732. The van der Waals surface area contributed by atoms with Gasteiger partial charge in [0.25, 0.3) is 0 Å². The van der Waals surface area contributed by atoms with Crippen molar-refractivity contribution in [1.82, 2.24) is 0 Å². The lowest BCUT2D eigenvalue weighted by atomic mass is 10.2. The van der Waals surface area contributed by atoms with Gasteiger partial charge in [-0.3, -0.25) is 0 Å². The molecule has 0 atom stereocenters. The molecular formula is C11H16NO+. The van der Waals surface area contributed by atoms with Gasteiger partial charge in [0.15, 0.2) is 0 Å². The van der Waals surface area contributed by atoms with E-state index in [4.69, 9.17) is 4.74 Å². The fraction of sp³-hybridized carbons (Fsp3) is 0.273. The van der Waals surface area contributed by atoms with Gasteiger partial charge in [-0.05, 0) is 0 Å². The third-order valence-electron chi connectivity index (χ3n) is 1.78. The van der Waals surface area contributed by atoms with E-state index in [1.807, 2.05) is 6.07 Å². The number of hydrogen-bond donors (Lipinski definition) is 1. The summed E-state index contributed by atoms with van der Waals surface area (Å²) < 4.78 is 5.00. The molecule has 0 saturated carbocycles. The Morgan fingerprint density at radius 2 is 2.08 bits per heavy atom. The molecule has 0 unspecified atom stereocenters. The Balaban J connectivity index is 2.10. The lowest BCUT2D eigenvalue weighted by molar-refractivity contribution is -0.671. The maximum Gasteiger partial charge on any atom is 0.136 e. The molecule has 0 spiro atoms. The number of ether oxygens (including phenoxy) is 1. The molecule has 70 valence electrons. The standard InChI is InChI=1S/C11H15NO/c1-2-13-9-8-12-10-11-6-4-3-5-7-11/h2-7,12H,1,8-10H2/p+1.